The molecule has 0 N–H and O–H groups in total. The van der Waals surface area contributed by atoms with Crippen LogP contribution in [0.5, 0.6) is 0 Å². The predicted molar refractivity (Wildman–Crippen MR) is 76.2 cm³/mol. The zero-order chi connectivity index (χ0) is 16.4. The molecule has 1 aromatic rings. The summed E-state index contributed by atoms with van der Waals surface area (Å²) in [5.74, 6) is -2.48. The van der Waals surface area contributed by atoms with Gasteiger partial charge in [-0.2, -0.15) is 8.42 Å². The Morgan fingerprint density at radius 1 is 1.04 bits per heavy atom. The average molecular weight is 337 g/mol. The Morgan fingerprint density at radius 3 is 2.09 bits per heavy atom. The van der Waals surface area contributed by atoms with Crippen LogP contribution in [0.3, 0.4) is 0 Å². The number of nitrogens with zero attached hydrogens (tertiary/aromatic N) is 1. The molecule has 0 aliphatic carbocycles. The van der Waals surface area contributed by atoms with Crippen molar-refractivity contribution in [3.05, 3.63) is 29.8 Å². The van der Waals surface area contributed by atoms with Crippen LogP contribution < -0.4 is 0 Å². The van der Waals surface area contributed by atoms with Crippen LogP contribution in [0.25, 0.3) is 0 Å². The van der Waals surface area contributed by atoms with Crippen molar-refractivity contribution in [3.63, 3.8) is 0 Å². The van der Waals surface area contributed by atoms with Crippen molar-refractivity contribution in [1.29, 1.82) is 0 Å². The lowest BCUT2D eigenvalue weighted by atomic mass is 9.81. The minimum Gasteiger partial charge on any atom is -0.373 e. The first-order valence-electron chi connectivity index (χ1n) is 7.43. The van der Waals surface area contributed by atoms with E-state index in [9.17, 15) is 18.0 Å². The molecule has 0 spiro atoms. The lowest BCUT2D eigenvalue weighted by Crippen LogP contribution is -2.36. The summed E-state index contributed by atoms with van der Waals surface area (Å²) < 4.78 is 35.0. The van der Waals surface area contributed by atoms with Gasteiger partial charge in [0.25, 0.3) is 11.8 Å². The summed E-state index contributed by atoms with van der Waals surface area (Å²) in [4.78, 5) is 24.7. The van der Waals surface area contributed by atoms with Gasteiger partial charge in [0.05, 0.1) is 28.9 Å². The number of hydrogen-bond donors (Lipinski definition) is 0. The van der Waals surface area contributed by atoms with Crippen LogP contribution in [-0.2, 0) is 28.7 Å². The Bertz CT molecular complexity index is 759. The van der Waals surface area contributed by atoms with Crippen LogP contribution in [0.4, 0.5) is 0 Å². The van der Waals surface area contributed by atoms with Crippen molar-refractivity contribution in [2.75, 3.05) is 0 Å². The molecule has 7 nitrogen and oxygen atoms in total. The normalized spacial score (nSPS) is 32.7. The summed E-state index contributed by atoms with van der Waals surface area (Å²) in [6.45, 7) is 1.82. The third-order valence-electron chi connectivity index (χ3n) is 4.73. The fraction of sp³-hybridized carbons (Fsp3) is 0.467. The monoisotopic (exact) mass is 337 g/mol. The molecule has 4 rings (SSSR count). The number of amides is 2. The smallest absolute Gasteiger partial charge is 0.318 e. The number of fused-ring (bicyclic) bond motifs is 5. The van der Waals surface area contributed by atoms with Crippen LogP contribution in [0, 0.1) is 18.8 Å². The zero-order valence-corrected chi connectivity index (χ0v) is 13.2. The van der Waals surface area contributed by atoms with Gasteiger partial charge >= 0.3 is 10.1 Å². The van der Waals surface area contributed by atoms with Gasteiger partial charge in [0.2, 0.25) is 0 Å². The van der Waals surface area contributed by atoms with Crippen LogP contribution >= 0.6 is 0 Å². The summed E-state index contributed by atoms with van der Waals surface area (Å²) in [6, 6.07) is 5.99. The minimum absolute atomic E-state index is 0.0972. The van der Waals surface area contributed by atoms with E-state index in [2.05, 4.69) is 0 Å². The number of carbonyl (C=O) groups is 2. The third kappa shape index (κ3) is 2.13. The largest absolute Gasteiger partial charge is 0.373 e. The number of benzene rings is 1. The molecule has 3 aliphatic heterocycles. The fourth-order valence-electron chi connectivity index (χ4n) is 3.60. The maximum Gasteiger partial charge on any atom is 0.318 e. The fourth-order valence-corrected chi connectivity index (χ4v) is 4.50. The van der Waals surface area contributed by atoms with Crippen molar-refractivity contribution in [2.24, 2.45) is 11.8 Å². The minimum atomic E-state index is -4.23. The number of hydrogen-bond acceptors (Lipinski definition) is 6. The van der Waals surface area contributed by atoms with Gasteiger partial charge < -0.3 is 4.74 Å². The molecule has 2 amide bonds. The summed E-state index contributed by atoms with van der Waals surface area (Å²) in [6.07, 6.45) is 0.807. The quantitative estimate of drug-likeness (QED) is 0.757. The SMILES string of the molecule is Cc1ccc(S(=O)(=O)ON2C(=O)[C@@H]3[C@H](C2=O)[C@H]2CC[C@@H]3O2)cc1. The molecular weight excluding hydrogens is 322 g/mol. The molecule has 3 fully saturated rings. The molecule has 0 unspecified atom stereocenters. The molecule has 0 saturated carbocycles. The van der Waals surface area contributed by atoms with Crippen LogP contribution in [0.15, 0.2) is 29.2 Å². The standard InChI is InChI=1S/C15H15NO6S/c1-8-2-4-9(5-3-8)23(19,20)22-16-14(17)12-10-6-7-11(21-10)13(12)15(16)18/h2-5,10-13H,6-7H2,1H3/t10-,11+,12-,13+. The van der Waals surface area contributed by atoms with E-state index in [1.807, 2.05) is 6.92 Å². The topological polar surface area (TPSA) is 90.0 Å². The van der Waals surface area contributed by atoms with Crippen LogP contribution in [0.2, 0.25) is 0 Å². The summed E-state index contributed by atoms with van der Waals surface area (Å²) >= 11 is 0. The highest BCUT2D eigenvalue weighted by Crippen LogP contribution is 2.48. The predicted octanol–water partition coefficient (Wildman–Crippen LogP) is 0.778. The first kappa shape index (κ1) is 14.8. The molecule has 1 aromatic carbocycles. The molecule has 2 bridgehead atoms. The molecule has 23 heavy (non-hydrogen) atoms. The second kappa shape index (κ2) is 4.86. The van der Waals surface area contributed by atoms with Gasteiger partial charge in [-0.1, -0.05) is 17.7 Å². The van der Waals surface area contributed by atoms with Crippen LogP contribution in [-0.4, -0.2) is 37.5 Å². The molecular formula is C15H15NO6S. The van der Waals surface area contributed by atoms with Gasteiger partial charge in [-0.05, 0) is 31.9 Å². The number of carbonyl (C=O) groups excluding carboxylic acids is 2. The number of hydroxylamine groups is 2. The van der Waals surface area contributed by atoms with Crippen molar-refractivity contribution in [3.8, 4) is 0 Å². The summed E-state index contributed by atoms with van der Waals surface area (Å²) in [5, 5.41) is 0.415. The van der Waals surface area contributed by atoms with Crippen molar-refractivity contribution in [1.82, 2.24) is 5.06 Å². The highest BCUT2D eigenvalue weighted by molar-refractivity contribution is 7.86. The summed E-state index contributed by atoms with van der Waals surface area (Å²) in [7, 11) is -4.23. The van der Waals surface area contributed by atoms with Gasteiger partial charge in [-0.25, -0.2) is 0 Å². The van der Waals surface area contributed by atoms with E-state index < -0.39 is 33.8 Å². The molecule has 3 saturated heterocycles. The molecule has 3 heterocycles. The van der Waals surface area contributed by atoms with Crippen LogP contribution in [0.1, 0.15) is 18.4 Å². The van der Waals surface area contributed by atoms with E-state index in [1.165, 1.54) is 12.1 Å². The van der Waals surface area contributed by atoms with E-state index in [1.54, 1.807) is 12.1 Å². The molecule has 0 aromatic heterocycles. The average Bonchev–Trinajstić information content (AvgIpc) is 3.17. The van der Waals surface area contributed by atoms with E-state index in [0.29, 0.717) is 17.9 Å². The van der Waals surface area contributed by atoms with Gasteiger partial charge in [-0.15, -0.1) is 9.35 Å². The van der Waals surface area contributed by atoms with Gasteiger partial charge in [0.1, 0.15) is 0 Å². The Balaban J connectivity index is 1.61. The third-order valence-corrected chi connectivity index (χ3v) is 5.92. The molecule has 4 atom stereocenters. The Hall–Kier alpha value is -1.77. The van der Waals surface area contributed by atoms with E-state index >= 15 is 0 Å². The highest BCUT2D eigenvalue weighted by atomic mass is 32.2. The van der Waals surface area contributed by atoms with E-state index in [-0.39, 0.29) is 17.1 Å². The van der Waals surface area contributed by atoms with Crippen molar-refractivity contribution < 1.29 is 27.0 Å². The van der Waals surface area contributed by atoms with Gasteiger partial charge in [0.15, 0.2) is 0 Å². The van der Waals surface area contributed by atoms with Crippen molar-refractivity contribution in [2.45, 2.75) is 36.9 Å². The second-order valence-electron chi connectivity index (χ2n) is 6.15. The molecule has 0 radical (unpaired) electrons. The molecule has 3 aliphatic rings. The number of aryl methyl sites for hydroxylation is 1. The Morgan fingerprint density at radius 2 is 1.57 bits per heavy atom. The zero-order valence-electron chi connectivity index (χ0n) is 12.3. The maximum absolute atomic E-state index is 12.4. The number of rotatable bonds is 3. The first-order valence-corrected chi connectivity index (χ1v) is 8.84. The first-order chi connectivity index (χ1) is 10.9. The van der Waals surface area contributed by atoms with E-state index in [4.69, 9.17) is 9.02 Å². The molecule has 8 heteroatoms. The van der Waals surface area contributed by atoms with Crippen molar-refractivity contribution >= 4 is 21.9 Å². The number of imide groups is 1. The Kier molecular flexibility index (Phi) is 3.13. The molecule has 122 valence electrons. The summed E-state index contributed by atoms with van der Waals surface area (Å²) in [5.41, 5.74) is 0.889. The Labute approximate surface area is 133 Å². The highest BCUT2D eigenvalue weighted by Gasteiger charge is 2.63. The van der Waals surface area contributed by atoms with E-state index in [0.717, 1.165) is 5.56 Å². The van der Waals surface area contributed by atoms with Gasteiger partial charge in [0, 0.05) is 0 Å². The maximum atomic E-state index is 12.4. The second-order valence-corrected chi connectivity index (χ2v) is 7.68. The van der Waals surface area contributed by atoms with Gasteiger partial charge in [-0.3, -0.25) is 9.59 Å². The lowest BCUT2D eigenvalue weighted by Gasteiger charge is -2.16. The lowest BCUT2D eigenvalue weighted by molar-refractivity contribution is -0.168. The number of ether oxygens (including phenoxy) is 1.